The van der Waals surface area contributed by atoms with Gasteiger partial charge in [-0.2, -0.15) is 0 Å². The molecule has 0 bridgehead atoms. The number of nitrogens with zero attached hydrogens (tertiary/aromatic N) is 1. The number of hydrogen-bond acceptors (Lipinski definition) is 4. The first-order valence-corrected chi connectivity index (χ1v) is 9.22. The van der Waals surface area contributed by atoms with E-state index in [1.165, 1.54) is 16.0 Å². The predicted octanol–water partition coefficient (Wildman–Crippen LogP) is 1.92. The molecule has 1 atom stereocenters. The highest BCUT2D eigenvalue weighted by Crippen LogP contribution is 2.24. The van der Waals surface area contributed by atoms with Crippen molar-refractivity contribution in [3.8, 4) is 0 Å². The smallest absolute Gasteiger partial charge is 0.225 e. The molecule has 1 unspecified atom stereocenters. The Balaban J connectivity index is 1.45. The van der Waals surface area contributed by atoms with E-state index in [1.807, 2.05) is 0 Å². The van der Waals surface area contributed by atoms with E-state index >= 15 is 0 Å². The highest BCUT2D eigenvalue weighted by atomic mass is 32.2. The van der Waals surface area contributed by atoms with Crippen LogP contribution in [-0.2, 0) is 22.5 Å². The zero-order valence-corrected chi connectivity index (χ0v) is 14.0. The Kier molecular flexibility index (Phi) is 5.39. The molecule has 0 radical (unpaired) electrons. The Morgan fingerprint density at radius 3 is 3.14 bits per heavy atom. The van der Waals surface area contributed by atoms with Gasteiger partial charge < -0.3 is 10.1 Å². The highest BCUT2D eigenvalue weighted by Gasteiger charge is 2.23. The van der Waals surface area contributed by atoms with Crippen molar-refractivity contribution in [1.82, 2.24) is 10.2 Å². The van der Waals surface area contributed by atoms with Crippen LogP contribution in [0, 0.1) is 5.92 Å². The Bertz CT molecular complexity index is 529. The molecule has 3 rings (SSSR count). The first-order chi connectivity index (χ1) is 10.8. The van der Waals surface area contributed by atoms with Crippen LogP contribution in [0.15, 0.2) is 23.1 Å². The summed E-state index contributed by atoms with van der Waals surface area (Å²) < 4.78 is 5.26. The van der Waals surface area contributed by atoms with E-state index in [1.54, 1.807) is 11.8 Å². The van der Waals surface area contributed by atoms with Gasteiger partial charge in [0, 0.05) is 37.7 Å². The number of thioether (sulfide) groups is 1. The first kappa shape index (κ1) is 15.8. The van der Waals surface area contributed by atoms with E-state index in [9.17, 15) is 4.79 Å². The van der Waals surface area contributed by atoms with Gasteiger partial charge in [-0.25, -0.2) is 0 Å². The lowest BCUT2D eigenvalue weighted by molar-refractivity contribution is -0.125. The molecule has 4 nitrogen and oxygen atoms in total. The van der Waals surface area contributed by atoms with Crippen LogP contribution in [0.1, 0.15) is 17.5 Å². The van der Waals surface area contributed by atoms with E-state index in [2.05, 4.69) is 34.7 Å². The van der Waals surface area contributed by atoms with Crippen molar-refractivity contribution in [3.63, 3.8) is 0 Å². The summed E-state index contributed by atoms with van der Waals surface area (Å²) in [6.45, 7) is 5.02. The number of benzene rings is 1. The zero-order chi connectivity index (χ0) is 15.4. The molecule has 1 amide bonds. The van der Waals surface area contributed by atoms with Crippen LogP contribution in [0.2, 0.25) is 0 Å². The summed E-state index contributed by atoms with van der Waals surface area (Å²) in [5, 5.41) is 3.05. The van der Waals surface area contributed by atoms with Crippen LogP contribution in [0.3, 0.4) is 0 Å². The molecule has 0 saturated carbocycles. The van der Waals surface area contributed by atoms with Crippen molar-refractivity contribution >= 4 is 17.7 Å². The van der Waals surface area contributed by atoms with Gasteiger partial charge in [0.25, 0.3) is 0 Å². The van der Waals surface area contributed by atoms with Crippen molar-refractivity contribution in [3.05, 3.63) is 29.3 Å². The van der Waals surface area contributed by atoms with E-state index in [0.29, 0.717) is 6.61 Å². The third-order valence-electron chi connectivity index (χ3n) is 4.53. The van der Waals surface area contributed by atoms with Gasteiger partial charge in [0.1, 0.15) is 0 Å². The average Bonchev–Trinajstić information content (AvgIpc) is 3.08. The second-order valence-corrected chi connectivity index (χ2v) is 6.89. The maximum Gasteiger partial charge on any atom is 0.225 e. The van der Waals surface area contributed by atoms with Gasteiger partial charge in [-0.3, -0.25) is 9.69 Å². The fourth-order valence-corrected chi connectivity index (χ4v) is 3.59. The molecule has 1 aromatic rings. The summed E-state index contributed by atoms with van der Waals surface area (Å²) >= 11 is 1.80. The SMILES string of the molecule is CSc1ccc2c(c1)CCN(CCNC(=O)C1CCOC1)C2. The van der Waals surface area contributed by atoms with Crippen LogP contribution in [0.25, 0.3) is 0 Å². The number of carbonyl (C=O) groups excluding carboxylic acids is 1. The monoisotopic (exact) mass is 320 g/mol. The summed E-state index contributed by atoms with van der Waals surface area (Å²) in [5.41, 5.74) is 2.91. The summed E-state index contributed by atoms with van der Waals surface area (Å²) in [6.07, 6.45) is 4.09. The number of fused-ring (bicyclic) bond motifs is 1. The van der Waals surface area contributed by atoms with Crippen molar-refractivity contribution < 1.29 is 9.53 Å². The largest absolute Gasteiger partial charge is 0.381 e. The Labute approximate surface area is 136 Å². The number of amides is 1. The zero-order valence-electron chi connectivity index (χ0n) is 13.1. The van der Waals surface area contributed by atoms with Gasteiger partial charge in [0.15, 0.2) is 0 Å². The minimum atomic E-state index is 0.0621. The average molecular weight is 320 g/mol. The van der Waals surface area contributed by atoms with E-state index in [-0.39, 0.29) is 11.8 Å². The van der Waals surface area contributed by atoms with Gasteiger partial charge in [-0.15, -0.1) is 11.8 Å². The van der Waals surface area contributed by atoms with Crippen molar-refractivity contribution in [2.24, 2.45) is 5.92 Å². The second kappa shape index (κ2) is 7.49. The maximum absolute atomic E-state index is 11.9. The standard InChI is InChI=1S/C17H24N2O2S/c1-22-16-3-2-14-11-19(7-4-13(14)10-16)8-6-18-17(20)15-5-9-21-12-15/h2-3,10,15H,4-9,11-12H2,1H3,(H,18,20). The summed E-state index contributed by atoms with van der Waals surface area (Å²) in [7, 11) is 0. The van der Waals surface area contributed by atoms with Crippen LogP contribution in [0.4, 0.5) is 0 Å². The van der Waals surface area contributed by atoms with Gasteiger partial charge in [-0.05, 0) is 42.4 Å². The molecule has 2 aliphatic rings. The Morgan fingerprint density at radius 1 is 1.45 bits per heavy atom. The van der Waals surface area contributed by atoms with Gasteiger partial charge >= 0.3 is 0 Å². The summed E-state index contributed by atoms with van der Waals surface area (Å²) in [6, 6.07) is 6.77. The fourth-order valence-electron chi connectivity index (χ4n) is 3.13. The normalized spacial score (nSPS) is 21.6. The van der Waals surface area contributed by atoms with Gasteiger partial charge in [0.2, 0.25) is 5.91 Å². The predicted molar refractivity (Wildman–Crippen MR) is 89.1 cm³/mol. The Hall–Kier alpha value is -1.04. The summed E-state index contributed by atoms with van der Waals surface area (Å²) in [4.78, 5) is 15.7. The number of carbonyl (C=O) groups is 1. The fraction of sp³-hybridized carbons (Fsp3) is 0.588. The van der Waals surface area contributed by atoms with Crippen LogP contribution >= 0.6 is 11.8 Å². The van der Waals surface area contributed by atoms with Crippen molar-refractivity contribution in [2.45, 2.75) is 24.3 Å². The molecule has 1 fully saturated rings. The summed E-state index contributed by atoms with van der Waals surface area (Å²) in [5.74, 6) is 0.214. The van der Waals surface area contributed by atoms with Crippen molar-refractivity contribution in [2.75, 3.05) is 39.1 Å². The molecule has 120 valence electrons. The lowest BCUT2D eigenvalue weighted by Gasteiger charge is -2.29. The molecular formula is C17H24N2O2S. The van der Waals surface area contributed by atoms with E-state index in [4.69, 9.17) is 4.74 Å². The third-order valence-corrected chi connectivity index (χ3v) is 5.26. The quantitative estimate of drug-likeness (QED) is 0.842. The molecule has 2 heterocycles. The molecule has 5 heteroatoms. The topological polar surface area (TPSA) is 41.6 Å². The molecule has 0 aliphatic carbocycles. The van der Waals surface area contributed by atoms with Gasteiger partial charge in [-0.1, -0.05) is 6.07 Å². The van der Waals surface area contributed by atoms with E-state index < -0.39 is 0 Å². The van der Waals surface area contributed by atoms with Crippen LogP contribution in [0.5, 0.6) is 0 Å². The highest BCUT2D eigenvalue weighted by molar-refractivity contribution is 7.98. The lowest BCUT2D eigenvalue weighted by atomic mass is 10.00. The molecule has 0 aromatic heterocycles. The molecular weight excluding hydrogens is 296 g/mol. The molecule has 0 spiro atoms. The number of nitrogens with one attached hydrogen (secondary N) is 1. The minimum absolute atomic E-state index is 0.0621. The molecule has 1 saturated heterocycles. The third kappa shape index (κ3) is 3.83. The second-order valence-electron chi connectivity index (χ2n) is 6.01. The number of rotatable bonds is 5. The molecule has 1 N–H and O–H groups in total. The molecule has 2 aliphatic heterocycles. The van der Waals surface area contributed by atoms with Gasteiger partial charge in [0.05, 0.1) is 12.5 Å². The molecule has 22 heavy (non-hydrogen) atoms. The number of hydrogen-bond donors (Lipinski definition) is 1. The van der Waals surface area contributed by atoms with Crippen LogP contribution < -0.4 is 5.32 Å². The van der Waals surface area contributed by atoms with Crippen molar-refractivity contribution in [1.29, 1.82) is 0 Å². The maximum atomic E-state index is 11.9. The molecule has 1 aromatic carbocycles. The lowest BCUT2D eigenvalue weighted by Crippen LogP contribution is -2.39. The first-order valence-electron chi connectivity index (χ1n) is 8.00. The number of ether oxygens (including phenoxy) is 1. The minimum Gasteiger partial charge on any atom is -0.381 e. The Morgan fingerprint density at radius 2 is 2.36 bits per heavy atom. The van der Waals surface area contributed by atoms with E-state index in [0.717, 1.165) is 45.6 Å². The van der Waals surface area contributed by atoms with Crippen LogP contribution in [-0.4, -0.2) is 49.9 Å².